The van der Waals surface area contributed by atoms with Crippen LogP contribution < -0.4 is 0 Å². The van der Waals surface area contributed by atoms with Gasteiger partial charge in [0.1, 0.15) is 0 Å². The third-order valence-electron chi connectivity index (χ3n) is 10.7. The van der Waals surface area contributed by atoms with Gasteiger partial charge in [0.25, 0.3) is 0 Å². The van der Waals surface area contributed by atoms with E-state index in [1.165, 1.54) is 41.2 Å². The predicted molar refractivity (Wildman–Crippen MR) is 233 cm³/mol. The Bertz CT molecular complexity index is 3180. The number of para-hydroxylation sites is 1. The molecule has 0 radical (unpaired) electrons. The molecule has 0 bridgehead atoms. The van der Waals surface area contributed by atoms with Gasteiger partial charge in [-0.15, -0.1) is 0 Å². The molecular weight excluding hydrogens is 748 g/mol. The summed E-state index contributed by atoms with van der Waals surface area (Å²) in [5.41, 5.74) is 11.0. The smallest absolute Gasteiger partial charge is 0.0512 e. The van der Waals surface area contributed by atoms with Crippen molar-refractivity contribution < 1.29 is 0 Å². The minimum absolute atomic E-state index is 0.237. The van der Waals surface area contributed by atoms with Crippen molar-refractivity contribution in [1.29, 1.82) is 0 Å². The van der Waals surface area contributed by atoms with E-state index >= 15 is 0 Å². The third-order valence-corrected chi connectivity index (χ3v) is 13.2. The van der Waals surface area contributed by atoms with Crippen LogP contribution in [0.4, 0.5) is 0 Å². The molecule has 0 unspecified atom stereocenters. The van der Waals surface area contributed by atoms with E-state index in [9.17, 15) is 0 Å². The summed E-state index contributed by atoms with van der Waals surface area (Å²) in [5.74, 6) is 1.91. The zero-order valence-electron chi connectivity index (χ0n) is 30.2. The minimum atomic E-state index is 0.237. The molecule has 56 heavy (non-hydrogen) atoms. The maximum absolute atomic E-state index is 5.12. The van der Waals surface area contributed by atoms with Crippen LogP contribution in [-0.2, 0) is 0 Å². The molecule has 5 heteroatoms. The van der Waals surface area contributed by atoms with Crippen molar-refractivity contribution in [2.45, 2.75) is 0 Å². The van der Waals surface area contributed by atoms with Crippen molar-refractivity contribution in [1.82, 2.24) is 19.5 Å². The topological polar surface area (TPSA) is 43.6 Å². The van der Waals surface area contributed by atoms with E-state index in [0.29, 0.717) is 17.5 Å². The van der Waals surface area contributed by atoms with E-state index < -0.39 is 0 Å². The molecule has 3 heterocycles. The molecule has 0 amide bonds. The molecule has 0 fully saturated rings. The van der Waals surface area contributed by atoms with Crippen LogP contribution in [0.25, 0.3) is 103 Å². The van der Waals surface area contributed by atoms with Crippen LogP contribution >= 0.6 is 0 Å². The summed E-state index contributed by atoms with van der Waals surface area (Å²) < 4.78 is 5.35. The van der Waals surface area contributed by atoms with Crippen LogP contribution in [0, 0.1) is 0 Å². The molecule has 8 aromatic carbocycles. The van der Waals surface area contributed by atoms with Gasteiger partial charge < -0.3 is 0 Å². The molecule has 0 aliphatic carbocycles. The van der Waals surface area contributed by atoms with Gasteiger partial charge in [-0.25, -0.2) is 4.98 Å². The minimum Gasteiger partial charge on any atom is -0.0615 e. The number of benzene rings is 8. The van der Waals surface area contributed by atoms with Crippen LogP contribution in [0.2, 0.25) is 0 Å². The molecule has 0 N–H and O–H groups in total. The van der Waals surface area contributed by atoms with E-state index in [2.05, 4.69) is 162 Å². The Hall–Kier alpha value is -6.91. The molecule has 4 nitrogen and oxygen atoms in total. The van der Waals surface area contributed by atoms with Crippen LogP contribution in [0.3, 0.4) is 0 Å². The standard InChI is InChI=1S/C51H32N4Se/c1-4-15-33(16-5-1)38-29-28-37(51-53-49(34-17-6-2-7-18-34)52-50(54-51)35-19-8-3-9-20-35)32-45(38)55-44-25-12-10-21-40(44)41-30-27-36(31-46(41)55)39-23-14-24-43-42-22-11-13-26-47(42)56-48(39)43/h1-32H. The first-order valence-corrected chi connectivity index (χ1v) is 20.5. The Labute approximate surface area is 329 Å². The normalized spacial score (nSPS) is 11.6. The fraction of sp³-hybridized carbons (Fsp3) is 0. The summed E-state index contributed by atoms with van der Waals surface area (Å²) >= 11 is 0.237. The Morgan fingerprint density at radius 2 is 0.893 bits per heavy atom. The molecule has 0 atom stereocenters. The number of hydrogen-bond acceptors (Lipinski definition) is 3. The van der Waals surface area contributed by atoms with Crippen molar-refractivity contribution in [3.8, 4) is 62.1 Å². The van der Waals surface area contributed by atoms with Gasteiger partial charge in [-0.1, -0.05) is 60.7 Å². The van der Waals surface area contributed by atoms with Gasteiger partial charge in [-0.3, -0.25) is 0 Å². The van der Waals surface area contributed by atoms with E-state index in [4.69, 9.17) is 15.0 Å². The van der Waals surface area contributed by atoms with E-state index in [-0.39, 0.29) is 14.5 Å². The molecule has 11 aromatic rings. The summed E-state index contributed by atoms with van der Waals surface area (Å²) in [4.78, 5) is 15.2. The monoisotopic (exact) mass is 780 g/mol. The number of aromatic nitrogens is 4. The summed E-state index contributed by atoms with van der Waals surface area (Å²) in [5, 5.41) is 5.16. The fourth-order valence-corrected chi connectivity index (χ4v) is 10.6. The molecule has 0 spiro atoms. The second-order valence-corrected chi connectivity index (χ2v) is 16.2. The van der Waals surface area contributed by atoms with Gasteiger partial charge in [-0.05, 0) is 0 Å². The number of rotatable bonds is 6. The van der Waals surface area contributed by atoms with Crippen LogP contribution in [-0.4, -0.2) is 34.0 Å². The molecule has 0 aliphatic heterocycles. The van der Waals surface area contributed by atoms with Crippen LogP contribution in [0.15, 0.2) is 194 Å². The van der Waals surface area contributed by atoms with Gasteiger partial charge in [-0.2, -0.15) is 0 Å². The first-order chi connectivity index (χ1) is 27.8. The fourth-order valence-electron chi connectivity index (χ4n) is 8.03. The average Bonchev–Trinajstić information content (AvgIpc) is 3.82. The molecular formula is C51H32N4Se. The van der Waals surface area contributed by atoms with Gasteiger partial charge in [0.2, 0.25) is 0 Å². The SMILES string of the molecule is c1ccc(-c2nc(-c3ccccc3)nc(-c3ccc(-c4ccccc4)c(-n4c5ccccc5c5ccc(-c6cccc7c6[se]c6ccccc67)cc54)c3)n2)cc1. The van der Waals surface area contributed by atoms with Crippen LogP contribution in [0.5, 0.6) is 0 Å². The van der Waals surface area contributed by atoms with Gasteiger partial charge in [0.05, 0.1) is 0 Å². The summed E-state index contributed by atoms with van der Waals surface area (Å²) in [6, 6.07) is 69.1. The number of fused-ring (bicyclic) bond motifs is 6. The maximum Gasteiger partial charge on any atom is -0.0512 e. The molecule has 3 aromatic heterocycles. The predicted octanol–water partition coefficient (Wildman–Crippen LogP) is 12.7. The van der Waals surface area contributed by atoms with Crippen LogP contribution in [0.1, 0.15) is 0 Å². The second-order valence-electron chi connectivity index (χ2n) is 14.0. The van der Waals surface area contributed by atoms with Crippen molar-refractivity contribution in [3.05, 3.63) is 194 Å². The summed E-state index contributed by atoms with van der Waals surface area (Å²) in [7, 11) is 0. The molecule has 0 saturated carbocycles. The summed E-state index contributed by atoms with van der Waals surface area (Å²) in [6.45, 7) is 0. The van der Waals surface area contributed by atoms with Gasteiger partial charge in [0.15, 0.2) is 0 Å². The van der Waals surface area contributed by atoms with E-state index in [1.807, 2.05) is 36.4 Å². The van der Waals surface area contributed by atoms with Crippen molar-refractivity contribution >= 4 is 55.6 Å². The average molecular weight is 780 g/mol. The third kappa shape index (κ3) is 5.48. The maximum atomic E-state index is 5.12. The Morgan fingerprint density at radius 1 is 0.339 bits per heavy atom. The van der Waals surface area contributed by atoms with E-state index in [1.54, 1.807) is 0 Å². The Morgan fingerprint density at radius 3 is 1.61 bits per heavy atom. The number of hydrogen-bond donors (Lipinski definition) is 0. The quantitative estimate of drug-likeness (QED) is 0.158. The number of nitrogens with zero attached hydrogens (tertiary/aromatic N) is 4. The second kappa shape index (κ2) is 13.4. The summed E-state index contributed by atoms with van der Waals surface area (Å²) in [6.07, 6.45) is 0. The zero-order chi connectivity index (χ0) is 37.0. The largest absolute Gasteiger partial charge is 0.0615 e. The first-order valence-electron chi connectivity index (χ1n) is 18.8. The molecule has 0 saturated heterocycles. The van der Waals surface area contributed by atoms with Crippen molar-refractivity contribution in [3.63, 3.8) is 0 Å². The van der Waals surface area contributed by atoms with E-state index in [0.717, 1.165) is 44.5 Å². The molecule has 0 aliphatic rings. The Kier molecular flexibility index (Phi) is 7.80. The van der Waals surface area contributed by atoms with Crippen molar-refractivity contribution in [2.75, 3.05) is 0 Å². The zero-order valence-corrected chi connectivity index (χ0v) is 31.9. The molecule has 262 valence electrons. The van der Waals surface area contributed by atoms with Gasteiger partial charge in [0, 0.05) is 11.1 Å². The first kappa shape index (κ1) is 32.5. The molecule has 11 rings (SSSR count). The van der Waals surface area contributed by atoms with Gasteiger partial charge >= 0.3 is 255 Å². The Balaban J connectivity index is 1.18. The van der Waals surface area contributed by atoms with Crippen molar-refractivity contribution in [2.24, 2.45) is 0 Å².